The first-order valence-corrected chi connectivity index (χ1v) is 7.15. The zero-order valence-corrected chi connectivity index (χ0v) is 11.6. The fourth-order valence-electron chi connectivity index (χ4n) is 2.14. The third-order valence-electron chi connectivity index (χ3n) is 3.28. The molecule has 2 N–H and O–H groups in total. The van der Waals surface area contributed by atoms with Gasteiger partial charge in [-0.05, 0) is 18.4 Å². The summed E-state index contributed by atoms with van der Waals surface area (Å²) in [7, 11) is 0. The number of aliphatic hydroxyl groups excluding tert-OH is 2. The number of amides is 1. The third-order valence-corrected chi connectivity index (χ3v) is 4.13. The highest BCUT2D eigenvalue weighted by Gasteiger charge is 2.28. The first-order chi connectivity index (χ1) is 9.11. The van der Waals surface area contributed by atoms with Crippen LogP contribution < -0.4 is 0 Å². The van der Waals surface area contributed by atoms with Crippen LogP contribution in [0.4, 0.5) is 0 Å². The predicted molar refractivity (Wildman–Crippen MR) is 74.0 cm³/mol. The summed E-state index contributed by atoms with van der Waals surface area (Å²) in [5.41, 5.74) is 0.635. The van der Waals surface area contributed by atoms with Crippen LogP contribution in [-0.2, 0) is 0 Å². The summed E-state index contributed by atoms with van der Waals surface area (Å²) in [6, 6.07) is 1.76. The van der Waals surface area contributed by atoms with Gasteiger partial charge in [0.1, 0.15) is 6.61 Å². The molecule has 0 spiro atoms. The topological polar surface area (TPSA) is 60.8 Å². The second kappa shape index (κ2) is 6.20. The number of carbonyl (C=O) groups excluding carboxylic acids is 1. The SMILES string of the molecule is CC1CN(C(=O)c2csc(C#CCO)c2)CCC1O. The lowest BCUT2D eigenvalue weighted by Crippen LogP contribution is -2.44. The number of rotatable bonds is 1. The van der Waals surface area contributed by atoms with Gasteiger partial charge in [-0.1, -0.05) is 18.8 Å². The van der Waals surface area contributed by atoms with Crippen LogP contribution in [0.1, 0.15) is 28.6 Å². The van der Waals surface area contributed by atoms with Crippen LogP contribution in [-0.4, -0.2) is 46.8 Å². The van der Waals surface area contributed by atoms with Gasteiger partial charge in [-0.25, -0.2) is 0 Å². The predicted octanol–water partition coefficient (Wildman–Crippen LogP) is 0.935. The summed E-state index contributed by atoms with van der Waals surface area (Å²) in [6.07, 6.45) is 0.325. The van der Waals surface area contributed by atoms with E-state index in [0.29, 0.717) is 25.1 Å². The number of hydrogen-bond donors (Lipinski definition) is 2. The molecule has 1 aromatic rings. The molecule has 1 aliphatic rings. The first-order valence-electron chi connectivity index (χ1n) is 6.27. The van der Waals surface area contributed by atoms with Gasteiger partial charge < -0.3 is 15.1 Å². The van der Waals surface area contributed by atoms with E-state index in [1.54, 1.807) is 16.3 Å². The van der Waals surface area contributed by atoms with Gasteiger partial charge in [0.2, 0.25) is 0 Å². The van der Waals surface area contributed by atoms with Crippen molar-refractivity contribution in [2.24, 2.45) is 5.92 Å². The Morgan fingerprint density at radius 1 is 1.63 bits per heavy atom. The lowest BCUT2D eigenvalue weighted by atomic mass is 9.96. The quantitative estimate of drug-likeness (QED) is 0.752. The van der Waals surface area contributed by atoms with Gasteiger partial charge in [-0.2, -0.15) is 0 Å². The second-order valence-electron chi connectivity index (χ2n) is 4.74. The summed E-state index contributed by atoms with van der Waals surface area (Å²) in [4.78, 5) is 14.9. The van der Waals surface area contributed by atoms with Crippen LogP contribution in [0.15, 0.2) is 11.4 Å². The number of nitrogens with zero attached hydrogens (tertiary/aromatic N) is 1. The van der Waals surface area contributed by atoms with Crippen LogP contribution in [0.3, 0.4) is 0 Å². The van der Waals surface area contributed by atoms with Gasteiger partial charge in [0.25, 0.3) is 5.91 Å². The van der Waals surface area contributed by atoms with Crippen LogP contribution in [0.25, 0.3) is 0 Å². The van der Waals surface area contributed by atoms with E-state index in [-0.39, 0.29) is 24.5 Å². The van der Waals surface area contributed by atoms with Crippen molar-refractivity contribution < 1.29 is 15.0 Å². The number of thiophene rings is 1. The van der Waals surface area contributed by atoms with Crippen LogP contribution in [0.2, 0.25) is 0 Å². The standard InChI is InChI=1S/C14H17NO3S/c1-10-8-15(5-4-13(10)17)14(18)11-7-12(19-9-11)3-2-6-16/h7,9-10,13,16-17H,4-6,8H2,1H3. The van der Waals surface area contributed by atoms with Crippen LogP contribution >= 0.6 is 11.3 Å². The number of hydrogen-bond acceptors (Lipinski definition) is 4. The average Bonchev–Trinajstić information content (AvgIpc) is 2.87. The Morgan fingerprint density at radius 3 is 3.11 bits per heavy atom. The van der Waals surface area contributed by atoms with Crippen molar-refractivity contribution in [2.75, 3.05) is 19.7 Å². The smallest absolute Gasteiger partial charge is 0.254 e. The minimum Gasteiger partial charge on any atom is -0.393 e. The molecular weight excluding hydrogens is 262 g/mol. The highest BCUT2D eigenvalue weighted by molar-refractivity contribution is 7.10. The molecule has 0 bridgehead atoms. The zero-order chi connectivity index (χ0) is 13.8. The van der Waals surface area contributed by atoms with Crippen molar-refractivity contribution in [2.45, 2.75) is 19.4 Å². The molecule has 0 radical (unpaired) electrons. The Kier molecular flexibility index (Phi) is 4.59. The van der Waals surface area contributed by atoms with Crippen molar-refractivity contribution in [1.29, 1.82) is 0 Å². The van der Waals surface area contributed by atoms with Gasteiger partial charge in [0.15, 0.2) is 0 Å². The number of piperidine rings is 1. The molecule has 4 nitrogen and oxygen atoms in total. The number of carbonyl (C=O) groups is 1. The first kappa shape index (κ1) is 14.1. The molecule has 1 amide bonds. The number of aliphatic hydroxyl groups is 2. The van der Waals surface area contributed by atoms with E-state index in [4.69, 9.17) is 5.11 Å². The molecule has 2 heterocycles. The Labute approximate surface area is 116 Å². The molecule has 0 aliphatic carbocycles. The van der Waals surface area contributed by atoms with Crippen molar-refractivity contribution in [1.82, 2.24) is 4.90 Å². The van der Waals surface area contributed by atoms with E-state index < -0.39 is 0 Å². The van der Waals surface area contributed by atoms with Crippen molar-refractivity contribution in [3.8, 4) is 11.8 Å². The van der Waals surface area contributed by atoms with Gasteiger partial charge >= 0.3 is 0 Å². The molecule has 1 saturated heterocycles. The maximum Gasteiger partial charge on any atom is 0.254 e. The molecule has 5 heteroatoms. The maximum atomic E-state index is 12.3. The molecule has 1 aromatic heterocycles. The lowest BCUT2D eigenvalue weighted by Gasteiger charge is -2.34. The van der Waals surface area contributed by atoms with Gasteiger partial charge in [-0.3, -0.25) is 4.79 Å². The molecule has 2 rings (SSSR count). The van der Waals surface area contributed by atoms with Crippen molar-refractivity contribution in [3.05, 3.63) is 21.9 Å². The molecule has 2 atom stereocenters. The van der Waals surface area contributed by atoms with Gasteiger partial charge in [0, 0.05) is 18.5 Å². The molecule has 1 fully saturated rings. The fourth-order valence-corrected chi connectivity index (χ4v) is 2.89. The minimum atomic E-state index is -0.308. The minimum absolute atomic E-state index is 0.00736. The zero-order valence-electron chi connectivity index (χ0n) is 10.8. The Balaban J connectivity index is 2.05. The van der Waals surface area contributed by atoms with E-state index >= 15 is 0 Å². The average molecular weight is 279 g/mol. The maximum absolute atomic E-state index is 12.3. The molecule has 19 heavy (non-hydrogen) atoms. The summed E-state index contributed by atoms with van der Waals surface area (Å²) in [6.45, 7) is 2.96. The van der Waals surface area contributed by atoms with Crippen LogP contribution in [0.5, 0.6) is 0 Å². The normalized spacial score (nSPS) is 22.8. The summed E-state index contributed by atoms with van der Waals surface area (Å²) in [5.74, 6) is 5.47. The Hall–Kier alpha value is -1.35. The number of likely N-dealkylation sites (tertiary alicyclic amines) is 1. The molecule has 2 unspecified atom stereocenters. The molecule has 1 aliphatic heterocycles. The third kappa shape index (κ3) is 3.35. The second-order valence-corrected chi connectivity index (χ2v) is 5.66. The molecule has 0 saturated carbocycles. The Bertz CT molecular complexity index is 514. The van der Waals surface area contributed by atoms with Crippen molar-refractivity contribution >= 4 is 17.2 Å². The lowest BCUT2D eigenvalue weighted by molar-refractivity contribution is 0.0298. The van der Waals surface area contributed by atoms with E-state index in [1.165, 1.54) is 11.3 Å². The van der Waals surface area contributed by atoms with E-state index in [0.717, 1.165) is 4.88 Å². The van der Waals surface area contributed by atoms with Crippen LogP contribution in [0, 0.1) is 17.8 Å². The highest BCUT2D eigenvalue weighted by Crippen LogP contribution is 2.21. The monoisotopic (exact) mass is 279 g/mol. The summed E-state index contributed by atoms with van der Waals surface area (Å²) in [5, 5.41) is 20.1. The Morgan fingerprint density at radius 2 is 2.42 bits per heavy atom. The summed E-state index contributed by atoms with van der Waals surface area (Å²) < 4.78 is 0. The van der Waals surface area contributed by atoms with E-state index in [1.807, 2.05) is 6.92 Å². The van der Waals surface area contributed by atoms with Crippen molar-refractivity contribution in [3.63, 3.8) is 0 Å². The van der Waals surface area contributed by atoms with Gasteiger partial charge in [-0.15, -0.1) is 11.3 Å². The highest BCUT2D eigenvalue weighted by atomic mass is 32.1. The largest absolute Gasteiger partial charge is 0.393 e. The van der Waals surface area contributed by atoms with Gasteiger partial charge in [0.05, 0.1) is 16.5 Å². The van der Waals surface area contributed by atoms with E-state index in [2.05, 4.69) is 11.8 Å². The molecular formula is C14H17NO3S. The molecule has 102 valence electrons. The molecule has 0 aromatic carbocycles. The fraction of sp³-hybridized carbons (Fsp3) is 0.500. The van der Waals surface area contributed by atoms with E-state index in [9.17, 15) is 9.90 Å². The summed E-state index contributed by atoms with van der Waals surface area (Å²) >= 11 is 1.40.